The summed E-state index contributed by atoms with van der Waals surface area (Å²) in [5, 5.41) is 3.38. The molecule has 10 heteroatoms. The second kappa shape index (κ2) is 15.4. The molecule has 0 aliphatic rings. The van der Waals surface area contributed by atoms with Crippen molar-refractivity contribution in [3.8, 4) is 0 Å². The normalized spacial score (nSPS) is 12.0. The van der Waals surface area contributed by atoms with Gasteiger partial charge in [-0.05, 0) is 59.9 Å². The minimum atomic E-state index is -4.27. The molecule has 0 fully saturated rings. The fourth-order valence-corrected chi connectivity index (χ4v) is 6.88. The first-order valence-electron chi connectivity index (χ1n) is 14.7. The molecule has 0 aromatic heterocycles. The Morgan fingerprint density at radius 3 is 2.09 bits per heavy atom. The van der Waals surface area contributed by atoms with Gasteiger partial charge in [-0.3, -0.25) is 13.9 Å². The summed E-state index contributed by atoms with van der Waals surface area (Å²) in [6, 6.07) is 28.4. The molecule has 0 bridgehead atoms. The van der Waals surface area contributed by atoms with Crippen molar-refractivity contribution in [1.29, 1.82) is 0 Å². The van der Waals surface area contributed by atoms with E-state index >= 15 is 0 Å². The predicted octanol–water partition coefficient (Wildman–Crippen LogP) is 6.91. The van der Waals surface area contributed by atoms with Crippen LogP contribution in [0, 0.1) is 12.8 Å². The largest absolute Gasteiger partial charge is 0.354 e. The van der Waals surface area contributed by atoms with E-state index in [0.29, 0.717) is 11.6 Å². The summed E-state index contributed by atoms with van der Waals surface area (Å²) < 4.78 is 29.2. The molecule has 0 saturated heterocycles. The first-order chi connectivity index (χ1) is 21.5. The summed E-state index contributed by atoms with van der Waals surface area (Å²) in [5.41, 5.74) is 2.73. The van der Waals surface area contributed by atoms with E-state index in [0.717, 1.165) is 21.0 Å². The Balaban J connectivity index is 1.82. The Kier molecular flexibility index (Phi) is 11.7. The highest BCUT2D eigenvalue weighted by Crippen LogP contribution is 2.33. The lowest BCUT2D eigenvalue weighted by Gasteiger charge is -2.34. The van der Waals surface area contributed by atoms with Crippen LogP contribution in [0.5, 0.6) is 0 Å². The average Bonchev–Trinajstić information content (AvgIpc) is 3.02. The number of rotatable bonds is 13. The number of nitrogens with one attached hydrogen (secondary N) is 1. The third-order valence-electron chi connectivity index (χ3n) is 7.35. The number of aryl methyl sites for hydroxylation is 1. The highest BCUT2D eigenvalue weighted by Gasteiger charge is 2.35. The number of amides is 2. The van der Waals surface area contributed by atoms with Crippen LogP contribution in [0.25, 0.3) is 0 Å². The van der Waals surface area contributed by atoms with Gasteiger partial charge in [0, 0.05) is 24.5 Å². The van der Waals surface area contributed by atoms with Gasteiger partial charge in [0.15, 0.2) is 0 Å². The van der Waals surface area contributed by atoms with Crippen molar-refractivity contribution < 1.29 is 18.0 Å². The van der Waals surface area contributed by atoms with Crippen molar-refractivity contribution in [3.63, 3.8) is 0 Å². The van der Waals surface area contributed by atoms with Crippen molar-refractivity contribution >= 4 is 50.7 Å². The third kappa shape index (κ3) is 8.87. The van der Waals surface area contributed by atoms with E-state index < -0.39 is 28.5 Å². The molecule has 0 aliphatic carbocycles. The predicted molar refractivity (Wildman–Crippen MR) is 181 cm³/mol. The number of hydrogen-bond donors (Lipinski definition) is 1. The molecule has 7 nitrogen and oxygen atoms in total. The number of anilines is 1. The molecule has 0 radical (unpaired) electrons. The van der Waals surface area contributed by atoms with Gasteiger partial charge in [0.25, 0.3) is 10.0 Å². The monoisotopic (exact) mass is 665 g/mol. The van der Waals surface area contributed by atoms with E-state index in [-0.39, 0.29) is 40.4 Å². The molecular formula is C35H37Cl2N3O4S. The zero-order chi connectivity index (χ0) is 32.6. The van der Waals surface area contributed by atoms with Gasteiger partial charge in [0.1, 0.15) is 12.6 Å². The zero-order valence-corrected chi connectivity index (χ0v) is 27.8. The van der Waals surface area contributed by atoms with E-state index in [1.807, 2.05) is 75.4 Å². The lowest BCUT2D eigenvalue weighted by molar-refractivity contribution is -0.140. The van der Waals surface area contributed by atoms with Crippen LogP contribution in [0.2, 0.25) is 10.0 Å². The Morgan fingerprint density at radius 2 is 1.47 bits per heavy atom. The number of carbonyl (C=O) groups excluding carboxylic acids is 2. The Hall–Kier alpha value is -3.85. The van der Waals surface area contributed by atoms with Gasteiger partial charge in [0.2, 0.25) is 11.8 Å². The lowest BCUT2D eigenvalue weighted by Crippen LogP contribution is -2.53. The second-order valence-corrected chi connectivity index (χ2v) is 13.9. The topological polar surface area (TPSA) is 86.8 Å². The Morgan fingerprint density at radius 1 is 0.844 bits per heavy atom. The van der Waals surface area contributed by atoms with Crippen molar-refractivity contribution in [2.45, 2.75) is 44.7 Å². The van der Waals surface area contributed by atoms with Gasteiger partial charge in [-0.2, -0.15) is 0 Å². The number of sulfonamides is 1. The molecular weight excluding hydrogens is 629 g/mol. The van der Waals surface area contributed by atoms with Gasteiger partial charge in [-0.25, -0.2) is 8.42 Å². The lowest BCUT2D eigenvalue weighted by atomic mass is 10.0. The smallest absolute Gasteiger partial charge is 0.264 e. The number of hydrogen-bond acceptors (Lipinski definition) is 4. The van der Waals surface area contributed by atoms with Crippen LogP contribution >= 0.6 is 23.2 Å². The fraction of sp³-hybridized carbons (Fsp3) is 0.257. The van der Waals surface area contributed by atoms with Crippen LogP contribution in [0.3, 0.4) is 0 Å². The van der Waals surface area contributed by atoms with Crippen LogP contribution in [0.1, 0.15) is 30.5 Å². The zero-order valence-electron chi connectivity index (χ0n) is 25.5. The number of halogens is 2. The van der Waals surface area contributed by atoms with Crippen molar-refractivity contribution in [1.82, 2.24) is 10.2 Å². The summed E-state index contributed by atoms with van der Waals surface area (Å²) in [6.07, 6.45) is 0.232. The van der Waals surface area contributed by atoms with Crippen LogP contribution in [0.15, 0.2) is 108 Å². The molecule has 0 heterocycles. The highest BCUT2D eigenvalue weighted by atomic mass is 35.5. The van der Waals surface area contributed by atoms with E-state index in [1.165, 1.54) is 35.2 Å². The minimum absolute atomic E-state index is 0.00946. The third-order valence-corrected chi connectivity index (χ3v) is 9.66. The van der Waals surface area contributed by atoms with Crippen LogP contribution in [-0.2, 0) is 32.6 Å². The summed E-state index contributed by atoms with van der Waals surface area (Å²) in [6.45, 7) is 5.82. The van der Waals surface area contributed by atoms with Gasteiger partial charge in [0.05, 0.1) is 15.6 Å². The van der Waals surface area contributed by atoms with Gasteiger partial charge in [-0.15, -0.1) is 0 Å². The summed E-state index contributed by atoms with van der Waals surface area (Å²) >= 11 is 12.7. The van der Waals surface area contributed by atoms with Gasteiger partial charge < -0.3 is 10.2 Å². The average molecular weight is 667 g/mol. The first-order valence-corrected chi connectivity index (χ1v) is 16.9. The summed E-state index contributed by atoms with van der Waals surface area (Å²) in [4.78, 5) is 29.9. The van der Waals surface area contributed by atoms with Crippen molar-refractivity contribution in [2.24, 2.45) is 5.92 Å². The molecule has 1 N–H and O–H groups in total. The van der Waals surface area contributed by atoms with E-state index in [9.17, 15) is 18.0 Å². The molecule has 0 spiro atoms. The Bertz CT molecular complexity index is 1720. The van der Waals surface area contributed by atoms with Gasteiger partial charge >= 0.3 is 0 Å². The molecule has 236 valence electrons. The highest BCUT2D eigenvalue weighted by molar-refractivity contribution is 7.92. The molecule has 4 aromatic carbocycles. The first kappa shape index (κ1) is 34.0. The summed E-state index contributed by atoms with van der Waals surface area (Å²) in [7, 11) is -4.27. The number of benzene rings is 4. The maximum Gasteiger partial charge on any atom is 0.264 e. The molecule has 4 aromatic rings. The summed E-state index contributed by atoms with van der Waals surface area (Å²) in [5.74, 6) is -0.703. The van der Waals surface area contributed by atoms with Crippen LogP contribution in [-0.4, -0.2) is 44.3 Å². The van der Waals surface area contributed by atoms with E-state index in [2.05, 4.69) is 5.32 Å². The second-order valence-electron chi connectivity index (χ2n) is 11.2. The molecule has 45 heavy (non-hydrogen) atoms. The number of nitrogens with zero attached hydrogens (tertiary/aromatic N) is 2. The van der Waals surface area contributed by atoms with E-state index in [4.69, 9.17) is 23.2 Å². The van der Waals surface area contributed by atoms with Crippen molar-refractivity contribution in [2.75, 3.05) is 17.4 Å². The molecule has 0 aliphatic heterocycles. The minimum Gasteiger partial charge on any atom is -0.354 e. The van der Waals surface area contributed by atoms with Crippen molar-refractivity contribution in [3.05, 3.63) is 130 Å². The SMILES string of the molecule is Cc1ccccc1CN(C(=O)CN(c1ccc(Cl)cc1Cl)S(=O)(=O)c1ccccc1)C(Cc1ccccc1)C(=O)NCC(C)C. The number of carbonyl (C=O) groups is 2. The Labute approximate surface area is 275 Å². The molecule has 1 atom stereocenters. The molecule has 1 unspecified atom stereocenters. The quantitative estimate of drug-likeness (QED) is 0.168. The maximum absolute atomic E-state index is 14.5. The maximum atomic E-state index is 14.5. The standard InChI is InChI=1S/C35H37Cl2N3O4S/c1-25(2)22-38-35(42)33(20-27-13-6-4-7-14-27)39(23-28-15-11-10-12-26(28)3)34(41)24-40(32-19-18-29(36)21-31(32)37)45(43,44)30-16-8-5-9-17-30/h4-19,21,25,33H,20,22-24H2,1-3H3,(H,38,42). The van der Waals surface area contributed by atoms with E-state index in [1.54, 1.807) is 18.2 Å². The molecule has 4 rings (SSSR count). The molecule has 0 saturated carbocycles. The van der Waals surface area contributed by atoms with Crippen LogP contribution in [0.4, 0.5) is 5.69 Å². The van der Waals surface area contributed by atoms with Crippen LogP contribution < -0.4 is 9.62 Å². The molecule has 2 amide bonds. The fourth-order valence-electron chi connectivity index (χ4n) is 4.86. The van der Waals surface area contributed by atoms with Gasteiger partial charge in [-0.1, -0.05) is 110 Å².